The number of aromatic nitrogens is 3. The highest BCUT2D eigenvalue weighted by atomic mass is 16.5. The Labute approximate surface area is 122 Å². The summed E-state index contributed by atoms with van der Waals surface area (Å²) in [5, 5.41) is 10.9. The molecule has 0 saturated heterocycles. The number of rotatable bonds is 7. The van der Waals surface area contributed by atoms with Crippen molar-refractivity contribution < 1.29 is 14.3 Å². The van der Waals surface area contributed by atoms with Gasteiger partial charge in [0.1, 0.15) is 5.82 Å². The highest BCUT2D eigenvalue weighted by molar-refractivity contribution is 5.81. The van der Waals surface area contributed by atoms with E-state index in [2.05, 4.69) is 15.5 Å². The number of ether oxygens (including phenoxy) is 1. The standard InChI is InChI=1S/C14H18N4O3/c1-2-21-14(20)7-6-13(19)15-9-8-12-17-16-11-5-3-4-10-18(11)12/h3-5,10H,2,6-9H2,1H3,(H,15,19). The summed E-state index contributed by atoms with van der Waals surface area (Å²) in [7, 11) is 0. The third-order valence-corrected chi connectivity index (χ3v) is 2.92. The number of carbonyl (C=O) groups is 2. The van der Waals surface area contributed by atoms with E-state index in [1.165, 1.54) is 0 Å². The second kappa shape index (κ2) is 7.37. The van der Waals surface area contributed by atoms with Crippen molar-refractivity contribution in [2.24, 2.45) is 0 Å². The van der Waals surface area contributed by atoms with Crippen LogP contribution >= 0.6 is 0 Å². The molecule has 0 unspecified atom stereocenters. The lowest BCUT2D eigenvalue weighted by Crippen LogP contribution is -2.26. The van der Waals surface area contributed by atoms with Gasteiger partial charge in [0.25, 0.3) is 0 Å². The van der Waals surface area contributed by atoms with Crippen LogP contribution in [0.1, 0.15) is 25.6 Å². The fraction of sp³-hybridized carbons (Fsp3) is 0.429. The van der Waals surface area contributed by atoms with E-state index in [0.717, 1.165) is 11.5 Å². The number of pyridine rings is 1. The molecule has 0 radical (unpaired) electrons. The molecule has 112 valence electrons. The van der Waals surface area contributed by atoms with Gasteiger partial charge in [-0.05, 0) is 19.1 Å². The van der Waals surface area contributed by atoms with E-state index in [0.29, 0.717) is 19.6 Å². The van der Waals surface area contributed by atoms with E-state index in [-0.39, 0.29) is 24.7 Å². The number of nitrogens with one attached hydrogen (secondary N) is 1. The molecule has 0 spiro atoms. The molecular weight excluding hydrogens is 272 g/mol. The van der Waals surface area contributed by atoms with Gasteiger partial charge in [-0.3, -0.25) is 14.0 Å². The summed E-state index contributed by atoms with van der Waals surface area (Å²) in [5.41, 5.74) is 0.779. The summed E-state index contributed by atoms with van der Waals surface area (Å²) in [6.07, 6.45) is 2.70. The van der Waals surface area contributed by atoms with Crippen LogP contribution in [0.5, 0.6) is 0 Å². The van der Waals surface area contributed by atoms with E-state index in [9.17, 15) is 9.59 Å². The highest BCUT2D eigenvalue weighted by Crippen LogP contribution is 2.03. The van der Waals surface area contributed by atoms with Crippen molar-refractivity contribution in [1.82, 2.24) is 19.9 Å². The molecule has 2 rings (SSSR count). The van der Waals surface area contributed by atoms with Gasteiger partial charge in [0, 0.05) is 25.6 Å². The fourth-order valence-corrected chi connectivity index (χ4v) is 1.91. The van der Waals surface area contributed by atoms with E-state index in [1.54, 1.807) is 6.92 Å². The zero-order valence-corrected chi connectivity index (χ0v) is 11.9. The van der Waals surface area contributed by atoms with Gasteiger partial charge in [0.15, 0.2) is 5.65 Å². The highest BCUT2D eigenvalue weighted by Gasteiger charge is 2.08. The fourth-order valence-electron chi connectivity index (χ4n) is 1.91. The van der Waals surface area contributed by atoms with Crippen molar-refractivity contribution in [3.63, 3.8) is 0 Å². The Bertz CT molecular complexity index is 623. The normalized spacial score (nSPS) is 10.5. The van der Waals surface area contributed by atoms with E-state index in [1.807, 2.05) is 28.8 Å². The molecule has 0 aromatic carbocycles. The maximum atomic E-state index is 11.6. The quantitative estimate of drug-likeness (QED) is 0.760. The van der Waals surface area contributed by atoms with E-state index in [4.69, 9.17) is 4.74 Å². The average Bonchev–Trinajstić information content (AvgIpc) is 2.89. The number of hydrogen-bond acceptors (Lipinski definition) is 5. The van der Waals surface area contributed by atoms with Gasteiger partial charge in [0.05, 0.1) is 13.0 Å². The molecule has 0 saturated carbocycles. The number of esters is 1. The summed E-state index contributed by atoms with van der Waals surface area (Å²) in [6.45, 7) is 2.53. The monoisotopic (exact) mass is 290 g/mol. The third kappa shape index (κ3) is 4.27. The lowest BCUT2D eigenvalue weighted by Gasteiger charge is -2.04. The van der Waals surface area contributed by atoms with Crippen LogP contribution in [0, 0.1) is 0 Å². The number of carbonyl (C=O) groups excluding carboxylic acids is 2. The van der Waals surface area contributed by atoms with Crippen LogP contribution in [-0.2, 0) is 20.7 Å². The minimum Gasteiger partial charge on any atom is -0.466 e. The van der Waals surface area contributed by atoms with Crippen LogP contribution in [0.15, 0.2) is 24.4 Å². The van der Waals surface area contributed by atoms with Crippen LogP contribution < -0.4 is 5.32 Å². The Morgan fingerprint density at radius 2 is 2.14 bits per heavy atom. The molecule has 7 heteroatoms. The topological polar surface area (TPSA) is 85.6 Å². The molecule has 0 aliphatic rings. The van der Waals surface area contributed by atoms with Crippen molar-refractivity contribution in [2.75, 3.05) is 13.2 Å². The van der Waals surface area contributed by atoms with Crippen LogP contribution in [0.3, 0.4) is 0 Å². The van der Waals surface area contributed by atoms with Crippen molar-refractivity contribution in [1.29, 1.82) is 0 Å². The Balaban J connectivity index is 1.74. The molecule has 0 bridgehead atoms. The predicted octanol–water partition coefficient (Wildman–Crippen LogP) is 0.731. The second-order valence-corrected chi connectivity index (χ2v) is 4.45. The third-order valence-electron chi connectivity index (χ3n) is 2.92. The first-order valence-electron chi connectivity index (χ1n) is 6.91. The molecule has 1 amide bonds. The molecule has 1 N–H and O–H groups in total. The minimum absolute atomic E-state index is 0.105. The largest absolute Gasteiger partial charge is 0.466 e. The Kier molecular flexibility index (Phi) is 5.25. The summed E-state index contributed by atoms with van der Waals surface area (Å²) in [5.74, 6) is 0.268. The van der Waals surface area contributed by atoms with Gasteiger partial charge >= 0.3 is 5.97 Å². The summed E-state index contributed by atoms with van der Waals surface area (Å²) in [4.78, 5) is 22.7. The molecular formula is C14H18N4O3. The van der Waals surface area contributed by atoms with Crippen molar-refractivity contribution >= 4 is 17.5 Å². The van der Waals surface area contributed by atoms with Gasteiger partial charge < -0.3 is 10.1 Å². The molecule has 0 aliphatic carbocycles. The van der Waals surface area contributed by atoms with Gasteiger partial charge in [0.2, 0.25) is 5.91 Å². The predicted molar refractivity (Wildman–Crippen MR) is 75.6 cm³/mol. The maximum Gasteiger partial charge on any atom is 0.306 e. The molecule has 0 fully saturated rings. The first kappa shape index (κ1) is 15.0. The molecule has 21 heavy (non-hydrogen) atoms. The van der Waals surface area contributed by atoms with Gasteiger partial charge in [-0.25, -0.2) is 0 Å². The number of amides is 1. The molecule has 2 aromatic rings. The van der Waals surface area contributed by atoms with Gasteiger partial charge in [-0.15, -0.1) is 10.2 Å². The van der Waals surface area contributed by atoms with E-state index < -0.39 is 0 Å². The first-order chi connectivity index (χ1) is 10.2. The Morgan fingerprint density at radius 1 is 1.29 bits per heavy atom. The Hall–Kier alpha value is -2.44. The number of hydrogen-bond donors (Lipinski definition) is 1. The lowest BCUT2D eigenvalue weighted by atomic mass is 10.3. The lowest BCUT2D eigenvalue weighted by molar-refractivity contribution is -0.144. The molecule has 0 atom stereocenters. The Morgan fingerprint density at radius 3 is 2.95 bits per heavy atom. The van der Waals surface area contributed by atoms with Crippen molar-refractivity contribution in [3.8, 4) is 0 Å². The van der Waals surface area contributed by atoms with E-state index >= 15 is 0 Å². The van der Waals surface area contributed by atoms with Crippen molar-refractivity contribution in [3.05, 3.63) is 30.2 Å². The molecule has 2 heterocycles. The maximum absolute atomic E-state index is 11.6. The minimum atomic E-state index is -0.351. The van der Waals surface area contributed by atoms with Crippen LogP contribution in [0.25, 0.3) is 5.65 Å². The molecule has 2 aromatic heterocycles. The smallest absolute Gasteiger partial charge is 0.306 e. The summed E-state index contributed by atoms with van der Waals surface area (Å²) < 4.78 is 6.64. The zero-order chi connectivity index (χ0) is 15.1. The number of nitrogens with zero attached hydrogens (tertiary/aromatic N) is 3. The van der Waals surface area contributed by atoms with Crippen molar-refractivity contribution in [2.45, 2.75) is 26.2 Å². The zero-order valence-electron chi connectivity index (χ0n) is 11.9. The summed E-state index contributed by atoms with van der Waals surface area (Å²) in [6, 6.07) is 5.66. The van der Waals surface area contributed by atoms with Crippen LogP contribution in [0.2, 0.25) is 0 Å². The van der Waals surface area contributed by atoms with Crippen LogP contribution in [-0.4, -0.2) is 39.6 Å². The van der Waals surface area contributed by atoms with Gasteiger partial charge in [-0.1, -0.05) is 6.07 Å². The molecule has 0 aliphatic heterocycles. The SMILES string of the molecule is CCOC(=O)CCC(=O)NCCc1nnc2ccccn12. The first-order valence-corrected chi connectivity index (χ1v) is 6.91. The number of fused-ring (bicyclic) bond motifs is 1. The summed E-state index contributed by atoms with van der Waals surface area (Å²) >= 11 is 0. The van der Waals surface area contributed by atoms with Gasteiger partial charge in [-0.2, -0.15) is 0 Å². The average molecular weight is 290 g/mol. The second-order valence-electron chi connectivity index (χ2n) is 4.45. The molecule has 7 nitrogen and oxygen atoms in total. The van der Waals surface area contributed by atoms with Crippen LogP contribution in [0.4, 0.5) is 0 Å².